The number of fused-ring (bicyclic) bond motifs is 1. The number of aryl methyl sites for hydroxylation is 1. The lowest BCUT2D eigenvalue weighted by molar-refractivity contribution is 0.600. The number of benzene rings is 1. The van der Waals surface area contributed by atoms with Crippen molar-refractivity contribution in [3.8, 4) is 0 Å². The minimum Gasteiger partial charge on any atom is -0.319 e. The number of nitrogens with one attached hydrogen (secondary N) is 1. The normalized spacial score (nSPS) is 17.0. The Bertz CT molecular complexity index is 544. The molecule has 0 saturated carbocycles. The van der Waals surface area contributed by atoms with Crippen LogP contribution in [0.25, 0.3) is 6.08 Å². The molecule has 0 unspecified atom stereocenters. The van der Waals surface area contributed by atoms with E-state index < -0.39 is 9.84 Å². The quantitative estimate of drug-likeness (QED) is 0.871. The Morgan fingerprint density at radius 2 is 2.06 bits per heavy atom. The summed E-state index contributed by atoms with van der Waals surface area (Å²) in [6.07, 6.45) is 2.33. The highest BCUT2D eigenvalue weighted by atomic mass is 32.2. The summed E-state index contributed by atoms with van der Waals surface area (Å²) in [6, 6.07) is 5.55. The van der Waals surface area contributed by atoms with Crippen molar-refractivity contribution in [2.24, 2.45) is 0 Å². The average molecular weight is 237 g/mol. The first kappa shape index (κ1) is 11.4. The summed E-state index contributed by atoms with van der Waals surface area (Å²) in [6.45, 7) is 2.58. The molecule has 0 atom stereocenters. The summed E-state index contributed by atoms with van der Waals surface area (Å²) in [7, 11) is -1.40. The first-order chi connectivity index (χ1) is 7.55. The molecule has 0 amide bonds. The van der Waals surface area contributed by atoms with Crippen LogP contribution in [-0.4, -0.2) is 22.0 Å². The third kappa shape index (κ3) is 1.79. The van der Waals surface area contributed by atoms with Gasteiger partial charge in [0.15, 0.2) is 0 Å². The van der Waals surface area contributed by atoms with E-state index in [9.17, 15) is 8.42 Å². The molecule has 0 spiro atoms. The highest BCUT2D eigenvalue weighted by Crippen LogP contribution is 2.34. The van der Waals surface area contributed by atoms with E-state index in [1.165, 1.54) is 0 Å². The van der Waals surface area contributed by atoms with Gasteiger partial charge in [0.05, 0.1) is 9.80 Å². The number of sulfone groups is 1. The molecule has 16 heavy (non-hydrogen) atoms. The smallest absolute Gasteiger partial charge is 0.203 e. The van der Waals surface area contributed by atoms with Gasteiger partial charge in [0, 0.05) is 0 Å². The van der Waals surface area contributed by atoms with Crippen LogP contribution >= 0.6 is 0 Å². The van der Waals surface area contributed by atoms with Gasteiger partial charge in [0.1, 0.15) is 0 Å². The average Bonchev–Trinajstić information content (AvgIpc) is 2.48. The van der Waals surface area contributed by atoms with E-state index >= 15 is 0 Å². The minimum absolute atomic E-state index is 0.457. The predicted molar refractivity (Wildman–Crippen MR) is 64.9 cm³/mol. The third-order valence-electron chi connectivity index (χ3n) is 2.74. The molecule has 3 nitrogen and oxygen atoms in total. The molecule has 0 radical (unpaired) electrons. The van der Waals surface area contributed by atoms with E-state index in [1.807, 2.05) is 26.1 Å². The lowest BCUT2D eigenvalue weighted by atomic mass is 10.1. The van der Waals surface area contributed by atoms with E-state index in [2.05, 4.69) is 5.32 Å². The second-order valence-corrected chi connectivity index (χ2v) is 5.98. The van der Waals surface area contributed by atoms with Crippen LogP contribution < -0.4 is 5.32 Å². The summed E-state index contributed by atoms with van der Waals surface area (Å²) in [5, 5.41) is 2.97. The van der Waals surface area contributed by atoms with E-state index in [-0.39, 0.29) is 0 Å². The van der Waals surface area contributed by atoms with Crippen molar-refractivity contribution in [2.45, 2.75) is 18.2 Å². The topological polar surface area (TPSA) is 46.2 Å². The van der Waals surface area contributed by atoms with Gasteiger partial charge in [0.2, 0.25) is 9.84 Å². The molecule has 1 N–H and O–H groups in total. The van der Waals surface area contributed by atoms with Crippen molar-refractivity contribution in [2.75, 3.05) is 13.6 Å². The van der Waals surface area contributed by atoms with E-state index in [0.29, 0.717) is 22.8 Å². The monoisotopic (exact) mass is 237 g/mol. The molecule has 1 aromatic rings. The molecular weight excluding hydrogens is 222 g/mol. The Kier molecular flexibility index (Phi) is 2.86. The van der Waals surface area contributed by atoms with Crippen LogP contribution in [0.4, 0.5) is 0 Å². The minimum atomic E-state index is -3.22. The predicted octanol–water partition coefficient (Wildman–Crippen LogP) is 1.73. The number of rotatable bonds is 3. The van der Waals surface area contributed by atoms with Gasteiger partial charge >= 0.3 is 0 Å². The van der Waals surface area contributed by atoms with Crippen molar-refractivity contribution >= 4 is 15.9 Å². The van der Waals surface area contributed by atoms with Gasteiger partial charge in [-0.1, -0.05) is 12.1 Å². The van der Waals surface area contributed by atoms with Crippen LogP contribution in [0, 0.1) is 6.92 Å². The molecular formula is C12H15NO2S. The van der Waals surface area contributed by atoms with Crippen molar-refractivity contribution in [1.29, 1.82) is 0 Å². The van der Waals surface area contributed by atoms with Crippen LogP contribution in [0.1, 0.15) is 17.5 Å². The fourth-order valence-corrected chi connectivity index (χ4v) is 3.55. The Morgan fingerprint density at radius 1 is 1.31 bits per heavy atom. The zero-order valence-corrected chi connectivity index (χ0v) is 10.3. The second-order valence-electron chi connectivity index (χ2n) is 4.01. The Balaban J connectivity index is 2.44. The molecule has 0 saturated heterocycles. The molecule has 0 fully saturated rings. The molecule has 2 rings (SSSR count). The van der Waals surface area contributed by atoms with Gasteiger partial charge in [-0.2, -0.15) is 0 Å². The standard InChI is InChI=1S/C12H15NO2S/c1-9-3-4-10-8-11(5-6-13-2)16(14,15)12(10)7-9/h3-4,7-8,13H,5-6H2,1-2H3. The SMILES string of the molecule is CNCCC1=Cc2ccc(C)cc2S1(=O)=O. The highest BCUT2D eigenvalue weighted by molar-refractivity contribution is 7.95. The van der Waals surface area contributed by atoms with Gasteiger partial charge in [-0.3, -0.25) is 0 Å². The second kappa shape index (κ2) is 4.03. The van der Waals surface area contributed by atoms with Crippen LogP contribution in [-0.2, 0) is 9.84 Å². The highest BCUT2D eigenvalue weighted by Gasteiger charge is 2.28. The zero-order chi connectivity index (χ0) is 11.8. The number of hydrogen-bond donors (Lipinski definition) is 1. The maximum absolute atomic E-state index is 12.1. The van der Waals surface area contributed by atoms with Gasteiger partial charge in [-0.25, -0.2) is 8.42 Å². The van der Waals surface area contributed by atoms with E-state index in [1.54, 1.807) is 12.1 Å². The van der Waals surface area contributed by atoms with Crippen LogP contribution in [0.5, 0.6) is 0 Å². The molecule has 1 aliphatic rings. The maximum Gasteiger partial charge on any atom is 0.203 e. The Labute approximate surface area is 96.1 Å². The van der Waals surface area contributed by atoms with E-state index in [4.69, 9.17) is 0 Å². The first-order valence-corrected chi connectivity index (χ1v) is 6.75. The lowest BCUT2D eigenvalue weighted by Crippen LogP contribution is -2.11. The van der Waals surface area contributed by atoms with Gasteiger partial charge in [-0.05, 0) is 50.2 Å². The summed E-state index contributed by atoms with van der Waals surface area (Å²) in [5.41, 5.74) is 1.79. The van der Waals surface area contributed by atoms with Crippen molar-refractivity contribution in [3.63, 3.8) is 0 Å². The first-order valence-electron chi connectivity index (χ1n) is 5.26. The Morgan fingerprint density at radius 3 is 2.75 bits per heavy atom. The summed E-state index contributed by atoms with van der Waals surface area (Å²) >= 11 is 0. The third-order valence-corrected chi connectivity index (χ3v) is 4.69. The van der Waals surface area contributed by atoms with Crippen molar-refractivity contribution < 1.29 is 8.42 Å². The summed E-state index contributed by atoms with van der Waals surface area (Å²) in [5.74, 6) is 0. The van der Waals surface area contributed by atoms with Gasteiger partial charge in [0.25, 0.3) is 0 Å². The van der Waals surface area contributed by atoms with Crippen molar-refractivity contribution in [3.05, 3.63) is 34.2 Å². The van der Waals surface area contributed by atoms with Crippen LogP contribution in [0.3, 0.4) is 0 Å². The van der Waals surface area contributed by atoms with Crippen molar-refractivity contribution in [1.82, 2.24) is 5.32 Å². The molecule has 0 aromatic heterocycles. The fraction of sp³-hybridized carbons (Fsp3) is 0.333. The zero-order valence-electron chi connectivity index (χ0n) is 9.45. The molecule has 1 heterocycles. The maximum atomic E-state index is 12.1. The lowest BCUT2D eigenvalue weighted by Gasteiger charge is -2.03. The van der Waals surface area contributed by atoms with Gasteiger partial charge in [-0.15, -0.1) is 0 Å². The van der Waals surface area contributed by atoms with Gasteiger partial charge < -0.3 is 5.32 Å². The summed E-state index contributed by atoms with van der Waals surface area (Å²) < 4.78 is 24.3. The largest absolute Gasteiger partial charge is 0.319 e. The van der Waals surface area contributed by atoms with E-state index in [0.717, 1.165) is 11.1 Å². The molecule has 4 heteroatoms. The van der Waals surface area contributed by atoms with Crippen LogP contribution in [0.15, 0.2) is 28.0 Å². The summed E-state index contributed by atoms with van der Waals surface area (Å²) in [4.78, 5) is 0.973. The molecule has 0 bridgehead atoms. The molecule has 1 aromatic carbocycles. The fourth-order valence-electron chi connectivity index (χ4n) is 1.84. The molecule has 1 aliphatic heterocycles. The Hall–Kier alpha value is -1.13. The molecule has 86 valence electrons. The number of hydrogen-bond acceptors (Lipinski definition) is 3. The van der Waals surface area contributed by atoms with Crippen LogP contribution in [0.2, 0.25) is 0 Å². The molecule has 0 aliphatic carbocycles.